The molecule has 3 aromatic rings. The minimum absolute atomic E-state index is 0.0142. The molecule has 10 heteroatoms. The SMILES string of the molecule is CCOc1ccc(N(CC(=O)N(Cc2ccc(F)cc2)[C@@H](C)C(=O)NC(C)(C)C)S(=O)(=O)c2ccccc2)cc1. The van der Waals surface area contributed by atoms with Gasteiger partial charge in [-0.15, -0.1) is 0 Å². The van der Waals surface area contributed by atoms with Crippen LogP contribution >= 0.6 is 0 Å². The third-order valence-electron chi connectivity index (χ3n) is 5.98. The van der Waals surface area contributed by atoms with Gasteiger partial charge >= 0.3 is 0 Å². The van der Waals surface area contributed by atoms with Gasteiger partial charge in [-0.05, 0) is 88.7 Å². The van der Waals surface area contributed by atoms with E-state index in [0.29, 0.717) is 17.9 Å². The van der Waals surface area contributed by atoms with E-state index < -0.39 is 45.8 Å². The van der Waals surface area contributed by atoms with Crippen LogP contribution in [-0.4, -0.2) is 49.9 Å². The molecule has 0 unspecified atom stereocenters. The Morgan fingerprint density at radius 1 is 0.950 bits per heavy atom. The lowest BCUT2D eigenvalue weighted by atomic mass is 10.1. The molecular formula is C30H36FN3O5S. The molecule has 0 bridgehead atoms. The van der Waals surface area contributed by atoms with Crippen LogP contribution in [0.4, 0.5) is 10.1 Å². The van der Waals surface area contributed by atoms with Gasteiger partial charge in [0.25, 0.3) is 10.0 Å². The van der Waals surface area contributed by atoms with Crippen LogP contribution in [0.15, 0.2) is 83.8 Å². The number of benzene rings is 3. The average molecular weight is 570 g/mol. The number of halogens is 1. The van der Waals surface area contributed by atoms with E-state index in [1.807, 2.05) is 27.7 Å². The normalized spacial score (nSPS) is 12.3. The number of rotatable bonds is 11. The summed E-state index contributed by atoms with van der Waals surface area (Å²) in [5.41, 5.74) is 0.291. The lowest BCUT2D eigenvalue weighted by molar-refractivity contribution is -0.140. The maximum absolute atomic E-state index is 13.9. The molecule has 1 N–H and O–H groups in total. The zero-order valence-corrected chi connectivity index (χ0v) is 24.2. The summed E-state index contributed by atoms with van der Waals surface area (Å²) in [4.78, 5) is 28.3. The molecule has 0 saturated carbocycles. The fraction of sp³-hybridized carbons (Fsp3) is 0.333. The van der Waals surface area contributed by atoms with Crippen LogP contribution in [0.3, 0.4) is 0 Å². The van der Waals surface area contributed by atoms with Crippen LogP contribution in [0.2, 0.25) is 0 Å². The van der Waals surface area contributed by atoms with Crippen molar-refractivity contribution in [1.29, 1.82) is 0 Å². The van der Waals surface area contributed by atoms with Gasteiger partial charge in [-0.25, -0.2) is 12.8 Å². The Bertz CT molecular complexity index is 1390. The number of hydrogen-bond acceptors (Lipinski definition) is 5. The first kappa shape index (κ1) is 30.6. The first-order valence-corrected chi connectivity index (χ1v) is 14.4. The highest BCUT2D eigenvalue weighted by atomic mass is 32.2. The van der Waals surface area contributed by atoms with E-state index in [4.69, 9.17) is 4.74 Å². The number of nitrogens with one attached hydrogen (secondary N) is 1. The molecule has 8 nitrogen and oxygen atoms in total. The van der Waals surface area contributed by atoms with Gasteiger partial charge in [0.2, 0.25) is 11.8 Å². The lowest BCUT2D eigenvalue weighted by Gasteiger charge is -2.33. The van der Waals surface area contributed by atoms with E-state index in [9.17, 15) is 22.4 Å². The third kappa shape index (κ3) is 8.05. The molecule has 0 saturated heterocycles. The number of ether oxygens (including phenoxy) is 1. The van der Waals surface area contributed by atoms with Crippen molar-refractivity contribution < 1.29 is 27.1 Å². The summed E-state index contributed by atoms with van der Waals surface area (Å²) in [6, 6.07) is 18.8. The Morgan fingerprint density at radius 2 is 1.55 bits per heavy atom. The molecule has 0 aliphatic heterocycles. The van der Waals surface area contributed by atoms with Crippen molar-refractivity contribution in [2.45, 2.75) is 57.6 Å². The molecule has 3 aromatic carbocycles. The Kier molecular flexibility index (Phi) is 9.92. The lowest BCUT2D eigenvalue weighted by Crippen LogP contribution is -2.54. The summed E-state index contributed by atoms with van der Waals surface area (Å²) in [5.74, 6) is -0.883. The van der Waals surface area contributed by atoms with Crippen LogP contribution < -0.4 is 14.4 Å². The van der Waals surface area contributed by atoms with Crippen LogP contribution in [-0.2, 0) is 26.2 Å². The fourth-order valence-electron chi connectivity index (χ4n) is 3.97. The van der Waals surface area contributed by atoms with E-state index in [1.54, 1.807) is 49.4 Å². The van der Waals surface area contributed by atoms with Gasteiger partial charge in [0, 0.05) is 12.1 Å². The summed E-state index contributed by atoms with van der Waals surface area (Å²) in [5, 5.41) is 2.87. The van der Waals surface area contributed by atoms with Gasteiger partial charge in [-0.1, -0.05) is 30.3 Å². The van der Waals surface area contributed by atoms with E-state index >= 15 is 0 Å². The van der Waals surface area contributed by atoms with Crippen molar-refractivity contribution in [1.82, 2.24) is 10.2 Å². The van der Waals surface area contributed by atoms with Gasteiger partial charge in [-0.2, -0.15) is 0 Å². The van der Waals surface area contributed by atoms with Crippen LogP contribution in [0.1, 0.15) is 40.2 Å². The first-order chi connectivity index (χ1) is 18.8. The topological polar surface area (TPSA) is 96.0 Å². The van der Waals surface area contributed by atoms with E-state index in [2.05, 4.69) is 5.32 Å². The molecule has 0 aliphatic carbocycles. The van der Waals surface area contributed by atoms with Gasteiger partial charge in [0.1, 0.15) is 24.2 Å². The quantitative estimate of drug-likeness (QED) is 0.360. The zero-order valence-electron chi connectivity index (χ0n) is 23.4. The molecule has 214 valence electrons. The molecule has 0 aromatic heterocycles. The molecule has 40 heavy (non-hydrogen) atoms. The second-order valence-electron chi connectivity index (χ2n) is 10.3. The average Bonchev–Trinajstić information content (AvgIpc) is 2.91. The van der Waals surface area contributed by atoms with Crippen molar-refractivity contribution in [2.24, 2.45) is 0 Å². The van der Waals surface area contributed by atoms with Crippen molar-refractivity contribution in [3.05, 3.63) is 90.2 Å². The molecule has 0 heterocycles. The van der Waals surface area contributed by atoms with Crippen molar-refractivity contribution in [3.63, 3.8) is 0 Å². The fourth-order valence-corrected chi connectivity index (χ4v) is 5.40. The monoisotopic (exact) mass is 569 g/mol. The highest BCUT2D eigenvalue weighted by Crippen LogP contribution is 2.26. The number of hydrogen-bond donors (Lipinski definition) is 1. The van der Waals surface area contributed by atoms with E-state index in [0.717, 1.165) is 4.31 Å². The third-order valence-corrected chi connectivity index (χ3v) is 7.77. The number of anilines is 1. The number of carbonyl (C=O) groups is 2. The second-order valence-corrected chi connectivity index (χ2v) is 12.2. The molecule has 1 atom stereocenters. The summed E-state index contributed by atoms with van der Waals surface area (Å²) in [6.07, 6.45) is 0. The van der Waals surface area contributed by atoms with Gasteiger partial charge < -0.3 is 15.0 Å². The molecular weight excluding hydrogens is 533 g/mol. The first-order valence-electron chi connectivity index (χ1n) is 13.0. The smallest absolute Gasteiger partial charge is 0.264 e. The highest BCUT2D eigenvalue weighted by molar-refractivity contribution is 7.92. The van der Waals surface area contributed by atoms with Crippen LogP contribution in [0.5, 0.6) is 5.75 Å². The zero-order chi connectivity index (χ0) is 29.5. The maximum atomic E-state index is 13.9. The summed E-state index contributed by atoms with van der Waals surface area (Å²) >= 11 is 0. The molecule has 0 spiro atoms. The van der Waals surface area contributed by atoms with E-state index in [-0.39, 0.29) is 17.1 Å². The molecule has 0 fully saturated rings. The predicted molar refractivity (Wildman–Crippen MR) is 153 cm³/mol. The molecule has 3 rings (SSSR count). The number of nitrogens with zero attached hydrogens (tertiary/aromatic N) is 2. The molecule has 0 radical (unpaired) electrons. The summed E-state index contributed by atoms with van der Waals surface area (Å²) in [7, 11) is -4.17. The Morgan fingerprint density at radius 3 is 2.10 bits per heavy atom. The van der Waals surface area contributed by atoms with Crippen molar-refractivity contribution >= 4 is 27.5 Å². The summed E-state index contributed by atoms with van der Waals surface area (Å²) < 4.78 is 47.6. The maximum Gasteiger partial charge on any atom is 0.264 e. The Hall–Kier alpha value is -3.92. The number of amides is 2. The van der Waals surface area contributed by atoms with E-state index in [1.165, 1.54) is 41.3 Å². The number of carbonyl (C=O) groups excluding carboxylic acids is 2. The highest BCUT2D eigenvalue weighted by Gasteiger charge is 2.33. The summed E-state index contributed by atoms with van der Waals surface area (Å²) in [6.45, 7) is 8.73. The minimum atomic E-state index is -4.17. The van der Waals surface area contributed by atoms with Crippen molar-refractivity contribution in [3.8, 4) is 5.75 Å². The standard InChI is InChI=1S/C30H36FN3O5S/c1-6-39-26-18-16-25(17-19-26)34(40(37,38)27-10-8-7-9-11-27)21-28(35)33(20-23-12-14-24(31)15-13-23)22(2)29(36)32-30(3,4)5/h7-19,22H,6,20-21H2,1-5H3,(H,32,36)/t22-/m0/s1. The van der Waals surface area contributed by atoms with Gasteiger partial charge in [0.15, 0.2) is 0 Å². The van der Waals surface area contributed by atoms with Crippen LogP contribution in [0, 0.1) is 5.82 Å². The van der Waals surface area contributed by atoms with Crippen LogP contribution in [0.25, 0.3) is 0 Å². The predicted octanol–water partition coefficient (Wildman–Crippen LogP) is 4.75. The Labute approximate surface area is 235 Å². The number of sulfonamides is 1. The largest absolute Gasteiger partial charge is 0.494 e. The molecule has 0 aliphatic rings. The van der Waals surface area contributed by atoms with Crippen molar-refractivity contribution in [2.75, 3.05) is 17.5 Å². The van der Waals surface area contributed by atoms with Gasteiger partial charge in [-0.3, -0.25) is 13.9 Å². The second kappa shape index (κ2) is 13.0. The molecule has 2 amide bonds. The van der Waals surface area contributed by atoms with Gasteiger partial charge in [0.05, 0.1) is 17.2 Å². The Balaban J connectivity index is 2.02. The minimum Gasteiger partial charge on any atom is -0.494 e.